The lowest BCUT2D eigenvalue weighted by atomic mass is 10.2. The summed E-state index contributed by atoms with van der Waals surface area (Å²) >= 11 is 0. The number of rotatable bonds is 7. The molecule has 1 aliphatic heterocycles. The van der Waals surface area contributed by atoms with Gasteiger partial charge in [0, 0.05) is 38.4 Å². The quantitative estimate of drug-likeness (QED) is 0.621. The number of nitrogens with zero attached hydrogens (tertiary/aromatic N) is 3. The van der Waals surface area contributed by atoms with Gasteiger partial charge in [-0.1, -0.05) is 53.7 Å². The van der Waals surface area contributed by atoms with Crippen molar-refractivity contribution in [3.63, 3.8) is 0 Å². The van der Waals surface area contributed by atoms with Crippen molar-refractivity contribution in [2.75, 3.05) is 44.2 Å². The van der Waals surface area contributed by atoms with E-state index >= 15 is 0 Å². The highest BCUT2D eigenvalue weighted by atomic mass is 16.6. The first-order valence-corrected chi connectivity index (χ1v) is 8.72. The topological polar surface area (TPSA) is 48.3 Å². The maximum Gasteiger partial charge on any atom is 0.144 e. The molecule has 0 radical (unpaired) electrons. The highest BCUT2D eigenvalue weighted by Crippen LogP contribution is 2.15. The minimum atomic E-state index is -0.531. The monoisotopic (exact) mass is 339 g/mol. The normalized spacial score (nSPS) is 16.9. The van der Waals surface area contributed by atoms with E-state index in [0.29, 0.717) is 6.54 Å². The molecule has 0 amide bonds. The molecule has 1 fully saturated rings. The van der Waals surface area contributed by atoms with Gasteiger partial charge in [-0.3, -0.25) is 4.90 Å². The molecule has 1 unspecified atom stereocenters. The molecule has 5 heteroatoms. The largest absolute Gasteiger partial charge is 0.393 e. The van der Waals surface area contributed by atoms with E-state index in [1.54, 1.807) is 6.21 Å². The van der Waals surface area contributed by atoms with Crippen LogP contribution in [0.1, 0.15) is 5.56 Å². The molecule has 1 saturated heterocycles. The van der Waals surface area contributed by atoms with Gasteiger partial charge >= 0.3 is 0 Å². The third-order valence-corrected chi connectivity index (χ3v) is 4.31. The second kappa shape index (κ2) is 9.20. The maximum atomic E-state index is 10.1. The Morgan fingerprint density at radius 1 is 0.960 bits per heavy atom. The van der Waals surface area contributed by atoms with E-state index < -0.39 is 6.10 Å². The fourth-order valence-electron chi connectivity index (χ4n) is 2.94. The molecular formula is C20H25N3O2. The molecule has 25 heavy (non-hydrogen) atoms. The zero-order valence-corrected chi connectivity index (χ0v) is 14.4. The lowest BCUT2D eigenvalue weighted by Gasteiger charge is -2.36. The molecule has 3 rings (SSSR count). The molecule has 1 atom stereocenters. The summed E-state index contributed by atoms with van der Waals surface area (Å²) in [6.07, 6.45) is 1.13. The van der Waals surface area contributed by atoms with Crippen molar-refractivity contribution >= 4 is 11.9 Å². The number of piperazine rings is 1. The van der Waals surface area contributed by atoms with Gasteiger partial charge in [-0.05, 0) is 17.7 Å². The molecule has 0 spiro atoms. The third-order valence-electron chi connectivity index (χ3n) is 4.31. The summed E-state index contributed by atoms with van der Waals surface area (Å²) in [6.45, 7) is 4.66. The SMILES string of the molecule is OC(CO/N=C\c1ccccc1)CN1CCN(c2ccccc2)CC1. The maximum absolute atomic E-state index is 10.1. The Labute approximate surface area is 149 Å². The average molecular weight is 339 g/mol. The van der Waals surface area contributed by atoms with Gasteiger partial charge < -0.3 is 14.8 Å². The van der Waals surface area contributed by atoms with Gasteiger partial charge in [0.1, 0.15) is 12.7 Å². The molecular weight excluding hydrogens is 314 g/mol. The summed E-state index contributed by atoms with van der Waals surface area (Å²) in [4.78, 5) is 9.86. The van der Waals surface area contributed by atoms with Crippen LogP contribution in [0, 0.1) is 0 Å². The van der Waals surface area contributed by atoms with Crippen LogP contribution >= 0.6 is 0 Å². The molecule has 2 aromatic rings. The summed E-state index contributed by atoms with van der Waals surface area (Å²) in [5.74, 6) is 0. The molecule has 0 saturated carbocycles. The van der Waals surface area contributed by atoms with Crippen LogP contribution in [-0.4, -0.2) is 61.7 Å². The number of oxime groups is 1. The number of anilines is 1. The van der Waals surface area contributed by atoms with Crippen LogP contribution in [0.25, 0.3) is 0 Å². The third kappa shape index (κ3) is 5.59. The van der Waals surface area contributed by atoms with E-state index in [4.69, 9.17) is 4.84 Å². The van der Waals surface area contributed by atoms with E-state index in [0.717, 1.165) is 31.7 Å². The summed E-state index contributed by atoms with van der Waals surface area (Å²) in [5, 5.41) is 14.0. The van der Waals surface area contributed by atoms with Crippen molar-refractivity contribution in [3.8, 4) is 0 Å². The van der Waals surface area contributed by atoms with Crippen molar-refractivity contribution in [2.45, 2.75) is 6.10 Å². The fourth-order valence-corrected chi connectivity index (χ4v) is 2.94. The zero-order chi connectivity index (χ0) is 17.3. The predicted octanol–water partition coefficient (Wildman–Crippen LogP) is 2.22. The number of β-amino-alcohol motifs (C(OH)–C–C–N with tert-alkyl or cyclic N) is 1. The number of aliphatic hydroxyl groups excluding tert-OH is 1. The molecule has 0 bridgehead atoms. The smallest absolute Gasteiger partial charge is 0.144 e. The van der Waals surface area contributed by atoms with Gasteiger partial charge in [-0.15, -0.1) is 0 Å². The van der Waals surface area contributed by atoms with Crippen molar-refractivity contribution in [2.24, 2.45) is 5.16 Å². The van der Waals surface area contributed by atoms with Crippen LogP contribution in [-0.2, 0) is 4.84 Å². The Kier molecular flexibility index (Phi) is 6.42. The number of aliphatic hydroxyl groups is 1. The average Bonchev–Trinajstić information content (AvgIpc) is 2.67. The second-order valence-corrected chi connectivity index (χ2v) is 6.22. The first kappa shape index (κ1) is 17.5. The number of hydrogen-bond donors (Lipinski definition) is 1. The Bertz CT molecular complexity index is 641. The van der Waals surface area contributed by atoms with E-state index in [1.807, 2.05) is 36.4 Å². The van der Waals surface area contributed by atoms with Gasteiger partial charge in [0.15, 0.2) is 0 Å². The molecule has 1 heterocycles. The van der Waals surface area contributed by atoms with Crippen molar-refractivity contribution < 1.29 is 9.94 Å². The van der Waals surface area contributed by atoms with Crippen LogP contribution in [0.4, 0.5) is 5.69 Å². The van der Waals surface area contributed by atoms with Crippen LogP contribution in [0.2, 0.25) is 0 Å². The predicted molar refractivity (Wildman–Crippen MR) is 101 cm³/mol. The molecule has 1 N–H and O–H groups in total. The van der Waals surface area contributed by atoms with E-state index in [1.165, 1.54) is 5.69 Å². The van der Waals surface area contributed by atoms with Crippen LogP contribution in [0.3, 0.4) is 0 Å². The zero-order valence-electron chi connectivity index (χ0n) is 14.4. The molecule has 132 valence electrons. The second-order valence-electron chi connectivity index (χ2n) is 6.22. The van der Waals surface area contributed by atoms with Crippen LogP contribution in [0.5, 0.6) is 0 Å². The first-order chi connectivity index (χ1) is 12.3. The van der Waals surface area contributed by atoms with Gasteiger partial charge in [0.05, 0.1) is 6.21 Å². The van der Waals surface area contributed by atoms with Gasteiger partial charge in [-0.25, -0.2) is 0 Å². The Morgan fingerprint density at radius 3 is 2.28 bits per heavy atom. The lowest BCUT2D eigenvalue weighted by Crippen LogP contribution is -2.49. The van der Waals surface area contributed by atoms with E-state index in [2.05, 4.69) is 39.2 Å². The number of para-hydroxylation sites is 1. The standard InChI is InChI=1S/C20H25N3O2/c24-20(17-25-21-15-18-7-3-1-4-8-18)16-22-11-13-23(14-12-22)19-9-5-2-6-10-19/h1-10,15,20,24H,11-14,16-17H2/b21-15-. The first-order valence-electron chi connectivity index (χ1n) is 8.72. The number of benzene rings is 2. The fraction of sp³-hybridized carbons (Fsp3) is 0.350. The van der Waals surface area contributed by atoms with Gasteiger partial charge in [0.25, 0.3) is 0 Å². The highest BCUT2D eigenvalue weighted by molar-refractivity contribution is 5.78. The van der Waals surface area contributed by atoms with E-state index in [9.17, 15) is 5.11 Å². The summed E-state index contributed by atoms with van der Waals surface area (Å²) in [7, 11) is 0. The molecule has 0 aliphatic carbocycles. The van der Waals surface area contributed by atoms with Crippen molar-refractivity contribution in [3.05, 3.63) is 66.2 Å². The Morgan fingerprint density at radius 2 is 1.60 bits per heavy atom. The number of hydrogen-bond acceptors (Lipinski definition) is 5. The van der Waals surface area contributed by atoms with Gasteiger partial charge in [0.2, 0.25) is 0 Å². The van der Waals surface area contributed by atoms with Crippen LogP contribution in [0.15, 0.2) is 65.8 Å². The molecule has 1 aliphatic rings. The van der Waals surface area contributed by atoms with Gasteiger partial charge in [-0.2, -0.15) is 0 Å². The Hall–Kier alpha value is -2.37. The van der Waals surface area contributed by atoms with E-state index in [-0.39, 0.29) is 6.61 Å². The van der Waals surface area contributed by atoms with Crippen molar-refractivity contribution in [1.29, 1.82) is 0 Å². The Balaban J connectivity index is 1.35. The molecule has 5 nitrogen and oxygen atoms in total. The summed E-state index contributed by atoms with van der Waals surface area (Å²) < 4.78 is 0. The van der Waals surface area contributed by atoms with Crippen molar-refractivity contribution in [1.82, 2.24) is 4.90 Å². The highest BCUT2D eigenvalue weighted by Gasteiger charge is 2.19. The minimum absolute atomic E-state index is 0.211. The summed E-state index contributed by atoms with van der Waals surface area (Å²) in [5.41, 5.74) is 2.25. The molecule has 0 aromatic heterocycles. The minimum Gasteiger partial charge on any atom is -0.393 e. The summed E-state index contributed by atoms with van der Waals surface area (Å²) in [6, 6.07) is 20.2. The lowest BCUT2D eigenvalue weighted by molar-refractivity contribution is 0.0187. The van der Waals surface area contributed by atoms with Crippen LogP contribution < -0.4 is 4.90 Å². The molecule has 2 aromatic carbocycles.